The lowest BCUT2D eigenvalue weighted by Gasteiger charge is -2.26. The highest BCUT2D eigenvalue weighted by Gasteiger charge is 2.30. The van der Waals surface area contributed by atoms with Crippen LogP contribution in [0.15, 0.2) is 47.4 Å². The summed E-state index contributed by atoms with van der Waals surface area (Å²) < 4.78 is 32.0. The van der Waals surface area contributed by atoms with E-state index >= 15 is 0 Å². The Hall–Kier alpha value is -1.64. The summed E-state index contributed by atoms with van der Waals surface area (Å²) in [6.45, 7) is 5.39. The van der Waals surface area contributed by atoms with Crippen molar-refractivity contribution >= 4 is 39.1 Å². The van der Waals surface area contributed by atoms with Gasteiger partial charge < -0.3 is 10.1 Å². The molecular formula is C21H24Cl2N2O4S. The van der Waals surface area contributed by atoms with Crippen molar-refractivity contribution in [3.8, 4) is 0 Å². The van der Waals surface area contributed by atoms with Gasteiger partial charge in [-0.1, -0.05) is 41.4 Å². The Bertz CT molecular complexity index is 1020. The third kappa shape index (κ3) is 4.98. The molecule has 0 unspecified atom stereocenters. The van der Waals surface area contributed by atoms with Crippen LogP contribution < -0.4 is 5.32 Å². The molecule has 2 aromatic rings. The van der Waals surface area contributed by atoms with Crippen LogP contribution in [-0.2, 0) is 31.5 Å². The second-order valence-electron chi connectivity index (χ2n) is 7.60. The summed E-state index contributed by atoms with van der Waals surface area (Å²) in [5, 5.41) is 3.73. The number of hydrogen-bond acceptors (Lipinski definition) is 4. The minimum atomic E-state index is -3.53. The van der Waals surface area contributed by atoms with Crippen LogP contribution >= 0.6 is 23.2 Å². The average molecular weight is 471 g/mol. The summed E-state index contributed by atoms with van der Waals surface area (Å²) in [6, 6.07) is 11.7. The van der Waals surface area contributed by atoms with E-state index in [4.69, 9.17) is 27.9 Å². The number of carbonyl (C=O) groups excluding carboxylic acids is 1. The summed E-state index contributed by atoms with van der Waals surface area (Å²) in [5.41, 5.74) is 0.740. The number of halogens is 2. The first-order valence-corrected chi connectivity index (χ1v) is 11.7. The topological polar surface area (TPSA) is 75.7 Å². The molecule has 1 fully saturated rings. The van der Waals surface area contributed by atoms with Gasteiger partial charge in [0.25, 0.3) is 0 Å². The van der Waals surface area contributed by atoms with Crippen LogP contribution in [-0.4, -0.2) is 44.9 Å². The molecule has 1 heterocycles. The number of morpholine rings is 1. The smallest absolute Gasteiger partial charge is 0.243 e. The SMILES string of the molecule is CC(C)(C(=O)NCc1ccc(S(=O)(=O)N2CCOCC2)cc1)c1ccc(Cl)c(Cl)c1. The number of carbonyl (C=O) groups is 1. The summed E-state index contributed by atoms with van der Waals surface area (Å²) >= 11 is 12.0. The summed E-state index contributed by atoms with van der Waals surface area (Å²) in [6.07, 6.45) is 0. The van der Waals surface area contributed by atoms with Crippen molar-refractivity contribution in [2.75, 3.05) is 26.3 Å². The fourth-order valence-electron chi connectivity index (χ4n) is 3.13. The number of nitrogens with zero attached hydrogens (tertiary/aromatic N) is 1. The molecule has 2 aromatic carbocycles. The Morgan fingerprint density at radius 3 is 2.30 bits per heavy atom. The van der Waals surface area contributed by atoms with Gasteiger partial charge in [-0.15, -0.1) is 0 Å². The van der Waals surface area contributed by atoms with Gasteiger partial charge in [-0.05, 0) is 49.2 Å². The first kappa shape index (κ1) is 23.0. The maximum atomic E-state index is 12.8. The minimum absolute atomic E-state index is 0.175. The van der Waals surface area contributed by atoms with E-state index in [0.29, 0.717) is 36.3 Å². The van der Waals surface area contributed by atoms with Gasteiger partial charge in [-0.25, -0.2) is 8.42 Å². The molecule has 162 valence electrons. The van der Waals surface area contributed by atoms with E-state index in [9.17, 15) is 13.2 Å². The number of rotatable bonds is 6. The van der Waals surface area contributed by atoms with Crippen LogP contribution in [0, 0.1) is 0 Å². The molecule has 1 aliphatic rings. The molecule has 0 aromatic heterocycles. The number of ether oxygens (including phenoxy) is 1. The van der Waals surface area contributed by atoms with Crippen molar-refractivity contribution in [1.29, 1.82) is 0 Å². The van der Waals surface area contributed by atoms with Crippen molar-refractivity contribution in [2.45, 2.75) is 30.7 Å². The number of benzene rings is 2. The molecule has 0 spiro atoms. The van der Waals surface area contributed by atoms with Crippen molar-refractivity contribution in [2.24, 2.45) is 0 Å². The molecule has 0 saturated carbocycles. The fourth-order valence-corrected chi connectivity index (χ4v) is 4.84. The van der Waals surface area contributed by atoms with E-state index in [1.807, 2.05) is 0 Å². The summed E-state index contributed by atoms with van der Waals surface area (Å²) in [5.74, 6) is -0.175. The van der Waals surface area contributed by atoms with E-state index in [2.05, 4.69) is 5.32 Å². The third-order valence-corrected chi connectivity index (χ3v) is 7.85. The Morgan fingerprint density at radius 2 is 1.70 bits per heavy atom. The van der Waals surface area contributed by atoms with Gasteiger partial charge in [-0.3, -0.25) is 4.79 Å². The number of sulfonamides is 1. The molecule has 30 heavy (non-hydrogen) atoms. The third-order valence-electron chi connectivity index (χ3n) is 5.19. The lowest BCUT2D eigenvalue weighted by Crippen LogP contribution is -2.40. The highest BCUT2D eigenvalue weighted by Crippen LogP contribution is 2.30. The van der Waals surface area contributed by atoms with Crippen molar-refractivity contribution < 1.29 is 17.9 Å². The molecule has 1 N–H and O–H groups in total. The van der Waals surface area contributed by atoms with E-state index in [0.717, 1.165) is 11.1 Å². The predicted molar refractivity (Wildman–Crippen MR) is 117 cm³/mol. The maximum absolute atomic E-state index is 12.8. The van der Waals surface area contributed by atoms with Crippen LogP contribution in [0.1, 0.15) is 25.0 Å². The Morgan fingerprint density at radius 1 is 1.07 bits per heavy atom. The normalized spacial score (nSPS) is 15.7. The molecular weight excluding hydrogens is 447 g/mol. The van der Waals surface area contributed by atoms with Crippen LogP contribution in [0.2, 0.25) is 10.0 Å². The zero-order chi connectivity index (χ0) is 21.9. The molecule has 1 saturated heterocycles. The van der Waals surface area contributed by atoms with Gasteiger partial charge in [0.1, 0.15) is 0 Å². The number of hydrogen-bond donors (Lipinski definition) is 1. The van der Waals surface area contributed by atoms with Crippen molar-refractivity contribution in [1.82, 2.24) is 9.62 Å². The van der Waals surface area contributed by atoms with Gasteiger partial charge in [0.15, 0.2) is 0 Å². The molecule has 9 heteroatoms. The fraction of sp³-hybridized carbons (Fsp3) is 0.381. The predicted octanol–water partition coefficient (Wildman–Crippen LogP) is 3.61. The second kappa shape index (κ2) is 9.24. The largest absolute Gasteiger partial charge is 0.379 e. The number of amides is 1. The van der Waals surface area contributed by atoms with E-state index < -0.39 is 15.4 Å². The Balaban J connectivity index is 1.65. The van der Waals surface area contributed by atoms with Crippen LogP contribution in [0.25, 0.3) is 0 Å². The molecule has 1 aliphatic heterocycles. The van der Waals surface area contributed by atoms with Gasteiger partial charge in [0.2, 0.25) is 15.9 Å². The Kier molecular flexibility index (Phi) is 7.09. The summed E-state index contributed by atoms with van der Waals surface area (Å²) in [4.78, 5) is 13.0. The summed E-state index contributed by atoms with van der Waals surface area (Å²) in [7, 11) is -3.53. The quantitative estimate of drug-likeness (QED) is 0.699. The zero-order valence-electron chi connectivity index (χ0n) is 16.8. The second-order valence-corrected chi connectivity index (χ2v) is 10.3. The van der Waals surface area contributed by atoms with Gasteiger partial charge in [0, 0.05) is 19.6 Å². The lowest BCUT2D eigenvalue weighted by molar-refractivity contribution is -0.125. The standard InChI is InChI=1S/C21H24Cl2N2O4S/c1-21(2,16-5-8-18(22)19(23)13-16)20(26)24-14-15-3-6-17(7-4-15)30(27,28)25-9-11-29-12-10-25/h3-8,13H,9-12,14H2,1-2H3,(H,24,26). The monoisotopic (exact) mass is 470 g/mol. The number of nitrogens with one attached hydrogen (secondary N) is 1. The van der Waals surface area contributed by atoms with E-state index in [1.54, 1.807) is 56.3 Å². The first-order chi connectivity index (χ1) is 14.1. The Labute approximate surface area is 187 Å². The first-order valence-electron chi connectivity index (χ1n) is 9.53. The molecule has 0 radical (unpaired) electrons. The van der Waals surface area contributed by atoms with E-state index in [-0.39, 0.29) is 17.3 Å². The molecule has 1 amide bonds. The van der Waals surface area contributed by atoms with E-state index in [1.165, 1.54) is 4.31 Å². The zero-order valence-corrected chi connectivity index (χ0v) is 19.1. The van der Waals surface area contributed by atoms with Crippen molar-refractivity contribution in [3.05, 3.63) is 63.6 Å². The highest BCUT2D eigenvalue weighted by atomic mass is 35.5. The molecule has 3 rings (SSSR count). The van der Waals surface area contributed by atoms with Crippen LogP contribution in [0.3, 0.4) is 0 Å². The van der Waals surface area contributed by atoms with Crippen LogP contribution in [0.5, 0.6) is 0 Å². The molecule has 0 bridgehead atoms. The lowest BCUT2D eigenvalue weighted by atomic mass is 9.83. The molecule has 0 atom stereocenters. The van der Waals surface area contributed by atoms with Gasteiger partial charge in [0.05, 0.1) is 33.6 Å². The molecule has 6 nitrogen and oxygen atoms in total. The highest BCUT2D eigenvalue weighted by molar-refractivity contribution is 7.89. The maximum Gasteiger partial charge on any atom is 0.243 e. The van der Waals surface area contributed by atoms with Crippen molar-refractivity contribution in [3.63, 3.8) is 0 Å². The van der Waals surface area contributed by atoms with Crippen LogP contribution in [0.4, 0.5) is 0 Å². The van der Waals surface area contributed by atoms with Gasteiger partial charge >= 0.3 is 0 Å². The minimum Gasteiger partial charge on any atom is -0.379 e. The van der Waals surface area contributed by atoms with Gasteiger partial charge in [-0.2, -0.15) is 4.31 Å². The molecule has 0 aliphatic carbocycles. The average Bonchev–Trinajstić information content (AvgIpc) is 2.74.